The summed E-state index contributed by atoms with van der Waals surface area (Å²) in [5.41, 5.74) is 27.2. The molecule has 0 aliphatic heterocycles. The number of aliphatic hydroxyl groups is 1. The number of carbonyl (C=O) groups is 4. The summed E-state index contributed by atoms with van der Waals surface area (Å²) >= 11 is 0. The Hall–Kier alpha value is -3.66. The number of carboxylic acids is 1. The number of carbonyl (C=O) groups excluding carboxylic acids is 3. The number of nitrogens with zero attached hydrogens (tertiary/aromatic N) is 2. The number of hydrogen-bond donors (Lipinski definition) is 10. The summed E-state index contributed by atoms with van der Waals surface area (Å²) in [5, 5.41) is 26.4. The van der Waals surface area contributed by atoms with Crippen LogP contribution < -0.4 is 44.6 Å². The summed E-state index contributed by atoms with van der Waals surface area (Å²) < 4.78 is 0. The zero-order valence-electron chi connectivity index (χ0n) is 22.2. The highest BCUT2D eigenvalue weighted by atomic mass is 16.4. The van der Waals surface area contributed by atoms with Crippen molar-refractivity contribution in [3.05, 3.63) is 0 Å². The van der Waals surface area contributed by atoms with Crippen LogP contribution in [0.25, 0.3) is 0 Å². The normalized spacial score (nSPS) is 14.8. The molecule has 0 rings (SSSR count). The predicted molar refractivity (Wildman–Crippen MR) is 142 cm³/mol. The van der Waals surface area contributed by atoms with Crippen molar-refractivity contribution >= 4 is 35.6 Å². The predicted octanol–water partition coefficient (Wildman–Crippen LogP) is -3.61. The first-order valence-corrected chi connectivity index (χ1v) is 12.3. The molecule has 0 fully saturated rings. The monoisotopic (exact) mass is 544 g/mol. The second-order valence-corrected chi connectivity index (χ2v) is 9.32. The summed E-state index contributed by atoms with van der Waals surface area (Å²) in [6.07, 6.45) is -0.290. The highest BCUT2D eigenvalue weighted by Crippen LogP contribution is 2.07. The smallest absolute Gasteiger partial charge is 0.328 e. The van der Waals surface area contributed by atoms with Crippen molar-refractivity contribution in [2.75, 3.05) is 13.1 Å². The third-order valence-electron chi connectivity index (χ3n) is 5.26. The Kier molecular flexibility index (Phi) is 16.0. The fraction of sp³-hybridized carbons (Fsp3) is 0.727. The molecule has 0 aromatic heterocycles. The molecule has 3 amide bonds. The van der Waals surface area contributed by atoms with Gasteiger partial charge in [-0.2, -0.15) is 0 Å². The molecule has 16 heteroatoms. The molecule has 0 saturated carbocycles. The highest BCUT2D eigenvalue weighted by molar-refractivity contribution is 5.94. The van der Waals surface area contributed by atoms with E-state index in [1.165, 1.54) is 6.92 Å². The van der Waals surface area contributed by atoms with Crippen molar-refractivity contribution in [1.82, 2.24) is 16.0 Å². The van der Waals surface area contributed by atoms with E-state index >= 15 is 0 Å². The summed E-state index contributed by atoms with van der Waals surface area (Å²) in [6, 6.07) is -4.78. The van der Waals surface area contributed by atoms with Crippen LogP contribution in [-0.4, -0.2) is 89.2 Å². The first kappa shape index (κ1) is 34.3. The van der Waals surface area contributed by atoms with Gasteiger partial charge in [-0.1, -0.05) is 13.8 Å². The van der Waals surface area contributed by atoms with Crippen molar-refractivity contribution in [3.8, 4) is 0 Å². The molecule has 0 saturated heterocycles. The van der Waals surface area contributed by atoms with Crippen LogP contribution in [-0.2, 0) is 19.2 Å². The summed E-state index contributed by atoms with van der Waals surface area (Å²) in [7, 11) is 0. The maximum Gasteiger partial charge on any atom is 0.328 e. The third-order valence-corrected chi connectivity index (χ3v) is 5.26. The molecular formula is C22H44N10O6. The number of aliphatic hydroxyl groups excluding tert-OH is 1. The number of nitrogens with one attached hydrogen (secondary N) is 3. The zero-order chi connectivity index (χ0) is 29.4. The molecule has 0 aromatic rings. The fourth-order valence-corrected chi connectivity index (χ4v) is 3.35. The summed E-state index contributed by atoms with van der Waals surface area (Å²) in [6.45, 7) is 5.33. The quantitative estimate of drug-likeness (QED) is 0.0456. The molecule has 16 nitrogen and oxygen atoms in total. The van der Waals surface area contributed by atoms with Crippen LogP contribution in [0, 0.1) is 5.92 Å². The average Bonchev–Trinajstić information content (AvgIpc) is 2.79. The van der Waals surface area contributed by atoms with Gasteiger partial charge in [-0.3, -0.25) is 24.4 Å². The van der Waals surface area contributed by atoms with Gasteiger partial charge >= 0.3 is 5.97 Å². The summed E-state index contributed by atoms with van der Waals surface area (Å²) in [5.74, 6) is -3.70. The van der Waals surface area contributed by atoms with Gasteiger partial charge in [0.25, 0.3) is 0 Å². The van der Waals surface area contributed by atoms with Gasteiger partial charge < -0.3 is 54.8 Å². The molecule has 5 atom stereocenters. The molecule has 0 aliphatic carbocycles. The topological polar surface area (TPSA) is 300 Å². The first-order chi connectivity index (χ1) is 17.6. The van der Waals surface area contributed by atoms with Crippen LogP contribution in [0.2, 0.25) is 0 Å². The molecular weight excluding hydrogens is 500 g/mol. The van der Waals surface area contributed by atoms with Crippen LogP contribution >= 0.6 is 0 Å². The van der Waals surface area contributed by atoms with E-state index in [2.05, 4.69) is 25.9 Å². The fourth-order valence-electron chi connectivity index (χ4n) is 3.35. The number of nitrogens with two attached hydrogens (primary N) is 5. The maximum absolute atomic E-state index is 13.2. The lowest BCUT2D eigenvalue weighted by Crippen LogP contribution is -2.58. The van der Waals surface area contributed by atoms with E-state index in [1.54, 1.807) is 0 Å². The Labute approximate surface area is 222 Å². The Morgan fingerprint density at radius 1 is 0.763 bits per heavy atom. The molecule has 5 unspecified atom stereocenters. The van der Waals surface area contributed by atoms with E-state index in [-0.39, 0.29) is 50.2 Å². The van der Waals surface area contributed by atoms with Crippen LogP contribution in [0.5, 0.6) is 0 Å². The van der Waals surface area contributed by atoms with E-state index in [0.29, 0.717) is 12.8 Å². The molecule has 0 radical (unpaired) electrons. The second kappa shape index (κ2) is 17.7. The van der Waals surface area contributed by atoms with Crippen LogP contribution in [0.1, 0.15) is 52.9 Å². The van der Waals surface area contributed by atoms with E-state index in [1.807, 2.05) is 13.8 Å². The lowest BCUT2D eigenvalue weighted by molar-refractivity contribution is -0.145. The minimum Gasteiger partial charge on any atom is -0.480 e. The molecule has 0 aliphatic rings. The average molecular weight is 545 g/mol. The van der Waals surface area contributed by atoms with Gasteiger partial charge in [0.15, 0.2) is 18.0 Å². The minimum absolute atomic E-state index is 0.0298. The van der Waals surface area contributed by atoms with E-state index in [0.717, 1.165) is 0 Å². The van der Waals surface area contributed by atoms with Crippen molar-refractivity contribution in [2.45, 2.75) is 83.1 Å². The van der Waals surface area contributed by atoms with Gasteiger partial charge in [0.2, 0.25) is 17.7 Å². The van der Waals surface area contributed by atoms with Gasteiger partial charge in [-0.25, -0.2) is 4.79 Å². The summed E-state index contributed by atoms with van der Waals surface area (Å²) in [4.78, 5) is 57.8. The third kappa shape index (κ3) is 14.8. The number of carboxylic acid groups (broad SMARTS) is 1. The van der Waals surface area contributed by atoms with Gasteiger partial charge in [0.05, 0.1) is 12.1 Å². The number of guanidine groups is 2. The van der Waals surface area contributed by atoms with Crippen LogP contribution in [0.3, 0.4) is 0 Å². The Morgan fingerprint density at radius 2 is 1.18 bits per heavy atom. The van der Waals surface area contributed by atoms with E-state index in [4.69, 9.17) is 28.7 Å². The van der Waals surface area contributed by atoms with Crippen molar-refractivity contribution in [1.29, 1.82) is 0 Å². The number of aliphatic carboxylic acids is 1. The van der Waals surface area contributed by atoms with Gasteiger partial charge in [-0.05, 0) is 44.9 Å². The number of aliphatic imine (C=N–C) groups is 2. The van der Waals surface area contributed by atoms with Crippen molar-refractivity contribution in [2.24, 2.45) is 44.6 Å². The minimum atomic E-state index is -1.61. The SMILES string of the molecule is CC(C)CC(N)C(=O)NC(CCCN=C(N)N)C(=O)NC(CCCN=C(N)N)C(=O)NC(C(=O)O)C(C)O. The van der Waals surface area contributed by atoms with E-state index < -0.39 is 54.0 Å². The maximum atomic E-state index is 13.2. The van der Waals surface area contributed by atoms with Crippen molar-refractivity contribution < 1.29 is 29.4 Å². The molecule has 0 spiro atoms. The molecule has 218 valence electrons. The largest absolute Gasteiger partial charge is 0.480 e. The lowest BCUT2D eigenvalue weighted by Gasteiger charge is -2.26. The molecule has 0 heterocycles. The van der Waals surface area contributed by atoms with Gasteiger partial charge in [-0.15, -0.1) is 0 Å². The number of hydrogen-bond acceptors (Lipinski definition) is 8. The molecule has 0 bridgehead atoms. The van der Waals surface area contributed by atoms with Crippen LogP contribution in [0.4, 0.5) is 0 Å². The molecule has 38 heavy (non-hydrogen) atoms. The number of rotatable bonds is 18. The first-order valence-electron chi connectivity index (χ1n) is 12.3. The van der Waals surface area contributed by atoms with Gasteiger partial charge in [0, 0.05) is 13.1 Å². The Morgan fingerprint density at radius 3 is 1.55 bits per heavy atom. The van der Waals surface area contributed by atoms with Crippen molar-refractivity contribution in [3.63, 3.8) is 0 Å². The Bertz CT molecular complexity index is 840. The number of amides is 3. The second-order valence-electron chi connectivity index (χ2n) is 9.32. The molecule has 15 N–H and O–H groups in total. The standard InChI is InChI=1S/C22H44N10O6/c1-11(2)10-13(23)17(34)30-14(6-4-8-28-21(24)25)18(35)31-15(7-5-9-29-22(26)27)19(36)32-16(12(3)33)20(37)38/h11-16,33H,4-10,23H2,1-3H3,(H,30,34)(H,31,35)(H,32,36)(H,37,38)(H4,24,25,28)(H4,26,27,29). The zero-order valence-corrected chi connectivity index (χ0v) is 22.2. The van der Waals surface area contributed by atoms with Gasteiger partial charge in [0.1, 0.15) is 12.1 Å². The highest BCUT2D eigenvalue weighted by Gasteiger charge is 2.31. The van der Waals surface area contributed by atoms with E-state index in [9.17, 15) is 29.4 Å². The lowest BCUT2D eigenvalue weighted by atomic mass is 10.0. The van der Waals surface area contributed by atoms with Crippen LogP contribution in [0.15, 0.2) is 9.98 Å². The molecule has 0 aromatic carbocycles. The Balaban J connectivity index is 5.74.